The maximum Gasteiger partial charge on any atom is 0.212 e. The third kappa shape index (κ3) is 5.49. The molecule has 0 aliphatic heterocycles. The molecule has 0 aliphatic carbocycles. The van der Waals surface area contributed by atoms with Gasteiger partial charge in [0.15, 0.2) is 5.78 Å². The average molecular weight is 342 g/mol. The van der Waals surface area contributed by atoms with Crippen LogP contribution in [-0.2, 0) is 24.4 Å². The van der Waals surface area contributed by atoms with E-state index in [1.165, 1.54) is 16.3 Å². The molecule has 3 N–H and O–H groups in total. The SMILES string of the molecule is CC(=O)C(O)O.OCc1cncn1CCc1ccc2ccccc2c1. The Morgan fingerprint density at radius 3 is 2.48 bits per heavy atom. The number of hydrogen-bond acceptors (Lipinski definition) is 5. The van der Waals surface area contributed by atoms with E-state index in [-0.39, 0.29) is 6.61 Å². The van der Waals surface area contributed by atoms with Crippen molar-refractivity contribution >= 4 is 16.6 Å². The topological polar surface area (TPSA) is 95.6 Å². The van der Waals surface area contributed by atoms with E-state index in [4.69, 9.17) is 10.2 Å². The number of aryl methyl sites for hydroxylation is 2. The van der Waals surface area contributed by atoms with Crippen LogP contribution in [-0.4, -0.2) is 36.9 Å². The number of rotatable bonds is 5. The van der Waals surface area contributed by atoms with Crippen molar-refractivity contribution in [3.63, 3.8) is 0 Å². The fourth-order valence-corrected chi connectivity index (χ4v) is 2.32. The quantitative estimate of drug-likeness (QED) is 0.613. The Labute approximate surface area is 146 Å². The summed E-state index contributed by atoms with van der Waals surface area (Å²) in [4.78, 5) is 13.7. The van der Waals surface area contributed by atoms with Crippen molar-refractivity contribution in [2.75, 3.05) is 0 Å². The second-order valence-electron chi connectivity index (χ2n) is 5.65. The van der Waals surface area contributed by atoms with E-state index in [0.29, 0.717) is 0 Å². The van der Waals surface area contributed by atoms with E-state index >= 15 is 0 Å². The van der Waals surface area contributed by atoms with Gasteiger partial charge in [0.25, 0.3) is 0 Å². The smallest absolute Gasteiger partial charge is 0.212 e. The Balaban J connectivity index is 0.000000326. The van der Waals surface area contributed by atoms with Crippen molar-refractivity contribution in [3.8, 4) is 0 Å². The highest BCUT2D eigenvalue weighted by atomic mass is 16.5. The third-order valence-electron chi connectivity index (χ3n) is 3.78. The molecule has 0 unspecified atom stereocenters. The monoisotopic (exact) mass is 342 g/mol. The zero-order valence-electron chi connectivity index (χ0n) is 14.0. The largest absolute Gasteiger partial charge is 0.390 e. The summed E-state index contributed by atoms with van der Waals surface area (Å²) in [6.45, 7) is 1.98. The van der Waals surface area contributed by atoms with Crippen LogP contribution >= 0.6 is 0 Å². The van der Waals surface area contributed by atoms with Crippen molar-refractivity contribution in [2.24, 2.45) is 0 Å². The molecule has 3 rings (SSSR count). The average Bonchev–Trinajstić information content (AvgIpc) is 3.07. The highest BCUT2D eigenvalue weighted by molar-refractivity contribution is 5.83. The number of aliphatic hydroxyl groups excluding tert-OH is 2. The Kier molecular flexibility index (Phi) is 6.82. The van der Waals surface area contributed by atoms with Crippen LogP contribution in [0, 0.1) is 0 Å². The second kappa shape index (κ2) is 9.08. The van der Waals surface area contributed by atoms with Crippen LogP contribution in [0.15, 0.2) is 55.0 Å². The predicted octanol–water partition coefficient (Wildman–Crippen LogP) is 1.66. The van der Waals surface area contributed by atoms with E-state index in [2.05, 4.69) is 47.4 Å². The molecule has 0 spiro atoms. The molecule has 0 radical (unpaired) electrons. The van der Waals surface area contributed by atoms with Crippen LogP contribution in [0.5, 0.6) is 0 Å². The molecule has 0 saturated heterocycles. The van der Waals surface area contributed by atoms with E-state index in [1.807, 2.05) is 4.57 Å². The van der Waals surface area contributed by atoms with Gasteiger partial charge < -0.3 is 19.9 Å². The van der Waals surface area contributed by atoms with E-state index in [0.717, 1.165) is 25.6 Å². The van der Waals surface area contributed by atoms with Crippen molar-refractivity contribution in [1.29, 1.82) is 0 Å². The summed E-state index contributed by atoms with van der Waals surface area (Å²) in [5.41, 5.74) is 2.16. The molecule has 0 atom stereocenters. The number of carbonyl (C=O) groups excluding carboxylic acids is 1. The molecule has 6 nitrogen and oxygen atoms in total. The molecule has 1 aromatic heterocycles. The zero-order valence-corrected chi connectivity index (χ0v) is 14.0. The van der Waals surface area contributed by atoms with Crippen LogP contribution in [0.25, 0.3) is 10.8 Å². The first-order chi connectivity index (χ1) is 12.0. The van der Waals surface area contributed by atoms with Gasteiger partial charge in [0.05, 0.1) is 24.8 Å². The molecule has 0 aliphatic rings. The number of aromatic nitrogens is 2. The lowest BCUT2D eigenvalue weighted by Gasteiger charge is -2.07. The zero-order chi connectivity index (χ0) is 18.2. The number of aliphatic hydroxyl groups is 3. The Morgan fingerprint density at radius 1 is 1.16 bits per heavy atom. The van der Waals surface area contributed by atoms with Gasteiger partial charge in [-0.2, -0.15) is 0 Å². The summed E-state index contributed by atoms with van der Waals surface area (Å²) in [5.74, 6) is -0.630. The molecule has 132 valence electrons. The molecule has 3 aromatic rings. The lowest BCUT2D eigenvalue weighted by atomic mass is 10.1. The number of carbonyl (C=O) groups is 1. The van der Waals surface area contributed by atoms with Crippen LogP contribution in [0.2, 0.25) is 0 Å². The lowest BCUT2D eigenvalue weighted by Crippen LogP contribution is -2.14. The van der Waals surface area contributed by atoms with Gasteiger partial charge in [0.1, 0.15) is 0 Å². The molecule has 0 fully saturated rings. The number of benzene rings is 2. The van der Waals surface area contributed by atoms with Gasteiger partial charge in [-0.3, -0.25) is 4.79 Å². The number of nitrogens with zero attached hydrogens (tertiary/aromatic N) is 2. The summed E-state index contributed by atoms with van der Waals surface area (Å²) < 4.78 is 2.00. The lowest BCUT2D eigenvalue weighted by molar-refractivity contribution is -0.142. The second-order valence-corrected chi connectivity index (χ2v) is 5.65. The number of ketones is 1. The summed E-state index contributed by atoms with van der Waals surface area (Å²) in [6.07, 6.45) is 2.63. The first-order valence-corrected chi connectivity index (χ1v) is 7.95. The molecule has 1 heterocycles. The van der Waals surface area contributed by atoms with Gasteiger partial charge in [-0.05, 0) is 29.7 Å². The highest BCUT2D eigenvalue weighted by Crippen LogP contribution is 2.16. The number of Topliss-reactive ketones (excluding diaryl/α,β-unsaturated/α-hetero) is 1. The van der Waals surface area contributed by atoms with Crippen molar-refractivity contribution < 1.29 is 20.1 Å². The van der Waals surface area contributed by atoms with Crippen LogP contribution in [0.1, 0.15) is 18.2 Å². The minimum atomic E-state index is -1.79. The molecule has 0 saturated carbocycles. The van der Waals surface area contributed by atoms with E-state index in [9.17, 15) is 9.90 Å². The number of imidazole rings is 1. The molecule has 0 bridgehead atoms. The van der Waals surface area contributed by atoms with Crippen molar-refractivity contribution in [1.82, 2.24) is 9.55 Å². The first-order valence-electron chi connectivity index (χ1n) is 7.95. The standard InChI is InChI=1S/C16H16N2O.C3H6O3/c19-11-16-10-17-12-18(16)8-7-13-5-6-14-3-1-2-4-15(14)9-13;1-2(4)3(5)6/h1-6,9-10,12,19H,7-8,11H2;3,5-6H,1H3. The van der Waals surface area contributed by atoms with Crippen LogP contribution < -0.4 is 0 Å². The minimum Gasteiger partial charge on any atom is -0.390 e. The third-order valence-corrected chi connectivity index (χ3v) is 3.78. The Morgan fingerprint density at radius 2 is 1.84 bits per heavy atom. The summed E-state index contributed by atoms with van der Waals surface area (Å²) >= 11 is 0. The molecule has 2 aromatic carbocycles. The fraction of sp³-hybridized carbons (Fsp3) is 0.263. The Bertz CT molecular complexity index is 827. The summed E-state index contributed by atoms with van der Waals surface area (Å²) in [5, 5.41) is 27.4. The fourth-order valence-electron chi connectivity index (χ4n) is 2.32. The molecule has 25 heavy (non-hydrogen) atoms. The minimum absolute atomic E-state index is 0.0394. The molecular weight excluding hydrogens is 320 g/mol. The van der Waals surface area contributed by atoms with Crippen LogP contribution in [0.4, 0.5) is 0 Å². The molecular formula is C19H22N2O4. The number of hydrogen-bond donors (Lipinski definition) is 3. The van der Waals surface area contributed by atoms with E-state index < -0.39 is 12.1 Å². The number of fused-ring (bicyclic) bond motifs is 1. The molecule has 6 heteroatoms. The normalized spacial score (nSPS) is 10.6. The van der Waals surface area contributed by atoms with Gasteiger partial charge in [-0.1, -0.05) is 42.5 Å². The van der Waals surface area contributed by atoms with Gasteiger partial charge in [-0.15, -0.1) is 0 Å². The summed E-state index contributed by atoms with van der Waals surface area (Å²) in [7, 11) is 0. The predicted molar refractivity (Wildman–Crippen MR) is 94.7 cm³/mol. The summed E-state index contributed by atoms with van der Waals surface area (Å²) in [6, 6.07) is 14.9. The first kappa shape index (κ1) is 18.8. The van der Waals surface area contributed by atoms with Crippen molar-refractivity contribution in [2.45, 2.75) is 32.8 Å². The Hall–Kier alpha value is -2.54. The van der Waals surface area contributed by atoms with Crippen LogP contribution in [0.3, 0.4) is 0 Å². The van der Waals surface area contributed by atoms with Crippen molar-refractivity contribution in [3.05, 3.63) is 66.2 Å². The van der Waals surface area contributed by atoms with Gasteiger partial charge >= 0.3 is 0 Å². The van der Waals surface area contributed by atoms with Gasteiger partial charge in [0, 0.05) is 6.54 Å². The van der Waals surface area contributed by atoms with Gasteiger partial charge in [0.2, 0.25) is 6.29 Å². The molecule has 0 amide bonds. The maximum absolute atomic E-state index is 9.64. The van der Waals surface area contributed by atoms with Gasteiger partial charge in [-0.25, -0.2) is 4.98 Å². The van der Waals surface area contributed by atoms with E-state index in [1.54, 1.807) is 12.5 Å². The highest BCUT2D eigenvalue weighted by Gasteiger charge is 2.02. The maximum atomic E-state index is 9.64.